The Balaban J connectivity index is 1.68. The van der Waals surface area contributed by atoms with Gasteiger partial charge in [0.1, 0.15) is 0 Å². The molecule has 0 bridgehead atoms. The van der Waals surface area contributed by atoms with Crippen LogP contribution in [0.3, 0.4) is 0 Å². The second kappa shape index (κ2) is 10.0. The lowest BCUT2D eigenvalue weighted by Gasteiger charge is -2.05. The number of carbonyl (C=O) groups excluding carboxylic acids is 2. The first kappa shape index (κ1) is 18.4. The van der Waals surface area contributed by atoms with Crippen LogP contribution in [0.5, 0.6) is 0 Å². The van der Waals surface area contributed by atoms with Gasteiger partial charge in [-0.25, -0.2) is 5.43 Å². The molecule has 0 spiro atoms. The highest BCUT2D eigenvalue weighted by molar-refractivity contribution is 6.35. The van der Waals surface area contributed by atoms with E-state index in [1.54, 1.807) is 0 Å². The van der Waals surface area contributed by atoms with Gasteiger partial charge in [-0.3, -0.25) is 9.59 Å². The number of nitrogens with one attached hydrogen (secondary N) is 2. The van der Waals surface area contributed by atoms with Crippen molar-refractivity contribution >= 4 is 17.5 Å². The molecule has 0 aromatic heterocycles. The molecule has 2 aromatic rings. The van der Waals surface area contributed by atoms with E-state index in [2.05, 4.69) is 15.8 Å². The zero-order valence-electron chi connectivity index (χ0n) is 14.4. The number of hydrazone groups is 1. The molecule has 0 heterocycles. The first-order chi connectivity index (χ1) is 12.1. The summed E-state index contributed by atoms with van der Waals surface area (Å²) in [7, 11) is 0. The van der Waals surface area contributed by atoms with E-state index in [4.69, 9.17) is 0 Å². The highest BCUT2D eigenvalue weighted by Gasteiger charge is 2.11. The van der Waals surface area contributed by atoms with Crippen LogP contribution in [0.25, 0.3) is 0 Å². The second-order valence-electron chi connectivity index (χ2n) is 5.77. The number of hydrogen-bond acceptors (Lipinski definition) is 3. The van der Waals surface area contributed by atoms with Crippen molar-refractivity contribution in [2.24, 2.45) is 5.10 Å². The van der Waals surface area contributed by atoms with E-state index >= 15 is 0 Å². The van der Waals surface area contributed by atoms with Crippen molar-refractivity contribution in [1.29, 1.82) is 0 Å². The zero-order valence-corrected chi connectivity index (χ0v) is 14.4. The third kappa shape index (κ3) is 6.99. The van der Waals surface area contributed by atoms with Crippen LogP contribution in [-0.4, -0.2) is 24.1 Å². The van der Waals surface area contributed by atoms with Crippen LogP contribution < -0.4 is 10.7 Å². The number of amides is 2. The van der Waals surface area contributed by atoms with E-state index in [9.17, 15) is 9.59 Å². The first-order valence-electron chi connectivity index (χ1n) is 8.34. The molecule has 2 amide bonds. The fraction of sp³-hybridized carbons (Fsp3) is 0.250. The van der Waals surface area contributed by atoms with Gasteiger partial charge >= 0.3 is 11.8 Å². The van der Waals surface area contributed by atoms with Crippen LogP contribution >= 0.6 is 0 Å². The first-order valence-corrected chi connectivity index (χ1v) is 8.34. The molecule has 130 valence electrons. The maximum atomic E-state index is 11.7. The number of hydrogen-bond donors (Lipinski definition) is 2. The smallest absolute Gasteiger partial charge is 0.329 e. The average molecular weight is 337 g/mol. The highest BCUT2D eigenvalue weighted by atomic mass is 16.2. The number of carbonyl (C=O) groups is 2. The lowest BCUT2D eigenvalue weighted by molar-refractivity contribution is -0.139. The summed E-state index contributed by atoms with van der Waals surface area (Å²) < 4.78 is 0. The summed E-state index contributed by atoms with van der Waals surface area (Å²) in [4.78, 5) is 23.5. The number of nitrogens with zero attached hydrogens (tertiary/aromatic N) is 1. The van der Waals surface area contributed by atoms with Crippen molar-refractivity contribution in [1.82, 2.24) is 10.7 Å². The Morgan fingerprint density at radius 3 is 2.00 bits per heavy atom. The number of aryl methyl sites for hydroxylation is 1. The van der Waals surface area contributed by atoms with Gasteiger partial charge < -0.3 is 5.32 Å². The van der Waals surface area contributed by atoms with Gasteiger partial charge in [0.05, 0.1) is 0 Å². The summed E-state index contributed by atoms with van der Waals surface area (Å²) in [6, 6.07) is 19.8. The minimum atomic E-state index is -0.743. The second-order valence-corrected chi connectivity index (χ2v) is 5.77. The topological polar surface area (TPSA) is 70.6 Å². The molecule has 0 aliphatic carbocycles. The minimum Gasteiger partial charge on any atom is -0.347 e. The Morgan fingerprint density at radius 2 is 1.40 bits per heavy atom. The molecule has 0 saturated heterocycles. The van der Waals surface area contributed by atoms with Gasteiger partial charge in [-0.15, -0.1) is 0 Å². The van der Waals surface area contributed by atoms with Gasteiger partial charge in [0, 0.05) is 12.3 Å². The van der Waals surface area contributed by atoms with Crippen molar-refractivity contribution in [3.8, 4) is 0 Å². The van der Waals surface area contributed by atoms with E-state index in [-0.39, 0.29) is 0 Å². The lowest BCUT2D eigenvalue weighted by Crippen LogP contribution is -2.39. The van der Waals surface area contributed by atoms with Crippen LogP contribution in [0.2, 0.25) is 0 Å². The van der Waals surface area contributed by atoms with Gasteiger partial charge in [-0.2, -0.15) is 5.10 Å². The number of benzene rings is 2. The summed E-state index contributed by atoms with van der Waals surface area (Å²) >= 11 is 0. The lowest BCUT2D eigenvalue weighted by atomic mass is 10.1. The van der Waals surface area contributed by atoms with Crippen LogP contribution in [0, 0.1) is 0 Å². The Bertz CT molecular complexity index is 712. The number of rotatable bonds is 7. The van der Waals surface area contributed by atoms with E-state index in [1.807, 2.05) is 67.6 Å². The van der Waals surface area contributed by atoms with Crippen molar-refractivity contribution in [3.05, 3.63) is 71.8 Å². The summed E-state index contributed by atoms with van der Waals surface area (Å²) in [5.41, 5.74) is 5.40. The van der Waals surface area contributed by atoms with Gasteiger partial charge in [0.25, 0.3) is 0 Å². The average Bonchev–Trinajstić information content (AvgIpc) is 2.66. The predicted octanol–water partition coefficient (Wildman–Crippen LogP) is 2.47. The fourth-order valence-corrected chi connectivity index (χ4v) is 2.27. The summed E-state index contributed by atoms with van der Waals surface area (Å²) in [6.45, 7) is 2.24. The van der Waals surface area contributed by atoms with E-state index < -0.39 is 11.8 Å². The summed E-state index contributed by atoms with van der Waals surface area (Å²) in [5.74, 6) is -1.41. The van der Waals surface area contributed by atoms with Crippen molar-refractivity contribution in [3.63, 3.8) is 0 Å². The molecule has 0 aliphatic heterocycles. The molecule has 5 nitrogen and oxygen atoms in total. The SMILES string of the molecule is C/C(CCc1ccccc1)=N\NC(=O)C(=O)NCCc1ccccc1. The fourth-order valence-electron chi connectivity index (χ4n) is 2.27. The third-order valence-electron chi connectivity index (χ3n) is 3.71. The Labute approximate surface area is 148 Å². The molecule has 0 saturated carbocycles. The molecule has 2 aromatic carbocycles. The van der Waals surface area contributed by atoms with E-state index in [1.165, 1.54) is 5.56 Å². The quantitative estimate of drug-likeness (QED) is 0.463. The largest absolute Gasteiger partial charge is 0.347 e. The minimum absolute atomic E-state index is 0.410. The molecule has 0 aliphatic rings. The molecule has 2 N–H and O–H groups in total. The zero-order chi connectivity index (χ0) is 17.9. The van der Waals surface area contributed by atoms with Crippen LogP contribution in [0.1, 0.15) is 24.5 Å². The van der Waals surface area contributed by atoms with Crippen molar-refractivity contribution in [2.75, 3.05) is 6.54 Å². The van der Waals surface area contributed by atoms with Gasteiger partial charge in [0.2, 0.25) is 0 Å². The Kier molecular flexibility index (Phi) is 7.38. The Morgan fingerprint density at radius 1 is 0.840 bits per heavy atom. The van der Waals surface area contributed by atoms with Gasteiger partial charge in [0.15, 0.2) is 0 Å². The standard InChI is InChI=1S/C20H23N3O2/c1-16(12-13-17-8-4-2-5-9-17)22-23-20(25)19(24)21-15-14-18-10-6-3-7-11-18/h2-11H,12-15H2,1H3,(H,21,24)(H,23,25)/b22-16+. The van der Waals surface area contributed by atoms with E-state index in [0.29, 0.717) is 13.0 Å². The van der Waals surface area contributed by atoms with E-state index in [0.717, 1.165) is 24.1 Å². The van der Waals surface area contributed by atoms with Crippen LogP contribution in [0.4, 0.5) is 0 Å². The normalized spacial score (nSPS) is 11.0. The predicted molar refractivity (Wildman–Crippen MR) is 99.2 cm³/mol. The van der Waals surface area contributed by atoms with Crippen LogP contribution in [-0.2, 0) is 22.4 Å². The molecular weight excluding hydrogens is 314 g/mol. The van der Waals surface area contributed by atoms with Gasteiger partial charge in [-0.05, 0) is 37.3 Å². The molecule has 5 heteroatoms. The summed E-state index contributed by atoms with van der Waals surface area (Å²) in [5, 5.41) is 6.58. The molecule has 0 radical (unpaired) electrons. The van der Waals surface area contributed by atoms with Crippen molar-refractivity contribution < 1.29 is 9.59 Å². The maximum Gasteiger partial charge on any atom is 0.329 e. The molecule has 25 heavy (non-hydrogen) atoms. The molecule has 2 rings (SSSR count). The Hall–Kier alpha value is -2.95. The third-order valence-corrected chi connectivity index (χ3v) is 3.71. The monoisotopic (exact) mass is 337 g/mol. The highest BCUT2D eigenvalue weighted by Crippen LogP contribution is 2.03. The molecule has 0 atom stereocenters. The maximum absolute atomic E-state index is 11.7. The molecule has 0 unspecified atom stereocenters. The molecule has 0 fully saturated rings. The van der Waals surface area contributed by atoms with Crippen molar-refractivity contribution in [2.45, 2.75) is 26.2 Å². The molecular formula is C20H23N3O2. The van der Waals surface area contributed by atoms with Crippen LogP contribution in [0.15, 0.2) is 65.8 Å². The van der Waals surface area contributed by atoms with Gasteiger partial charge in [-0.1, -0.05) is 60.7 Å². The summed E-state index contributed by atoms with van der Waals surface area (Å²) in [6.07, 6.45) is 2.24.